The van der Waals surface area contributed by atoms with Gasteiger partial charge in [-0.3, -0.25) is 4.90 Å². The van der Waals surface area contributed by atoms with Gasteiger partial charge in [-0.2, -0.15) is 0 Å². The van der Waals surface area contributed by atoms with Crippen molar-refractivity contribution in [3.05, 3.63) is 0 Å². The summed E-state index contributed by atoms with van der Waals surface area (Å²) in [5.41, 5.74) is -0.827. The maximum absolute atomic E-state index is 8.72. The van der Waals surface area contributed by atoms with Gasteiger partial charge in [-0.15, -0.1) is 12.4 Å². The number of rotatable bonds is 5. The normalized spacial score (nSPS) is 12.8. The molecule has 2 N–H and O–H groups in total. The summed E-state index contributed by atoms with van der Waals surface area (Å²) in [4.78, 5) is 1.87. The molecule has 70 valence electrons. The molecule has 0 fully saturated rings. The molecule has 0 heterocycles. The lowest BCUT2D eigenvalue weighted by molar-refractivity contribution is 0.148. The van der Waals surface area contributed by atoms with E-state index in [0.717, 1.165) is 6.54 Å². The van der Waals surface area contributed by atoms with Crippen LogP contribution in [0.25, 0.3) is 0 Å². The summed E-state index contributed by atoms with van der Waals surface area (Å²) in [6, 6.07) is 0. The maximum atomic E-state index is 8.72. The van der Waals surface area contributed by atoms with Crippen LogP contribution in [0.15, 0.2) is 0 Å². The van der Waals surface area contributed by atoms with Crippen molar-refractivity contribution in [2.24, 2.45) is 0 Å². The van der Waals surface area contributed by atoms with Gasteiger partial charge in [0.05, 0.1) is 6.61 Å². The van der Waals surface area contributed by atoms with E-state index in [9.17, 15) is 0 Å². The molecule has 0 aliphatic carbocycles. The van der Waals surface area contributed by atoms with Gasteiger partial charge < -0.3 is 10.2 Å². The second-order valence-electron chi connectivity index (χ2n) is 2.05. The van der Waals surface area contributed by atoms with E-state index in [1.54, 1.807) is 0 Å². The second-order valence-corrected chi connectivity index (χ2v) is 2.56. The van der Waals surface area contributed by atoms with Gasteiger partial charge in [-0.25, -0.2) is 0 Å². The van der Waals surface area contributed by atoms with Gasteiger partial charge in [0.2, 0.25) is 0 Å². The zero-order valence-corrected chi connectivity index (χ0v) is 8.11. The fourth-order valence-electron chi connectivity index (χ4n) is 0.733. The summed E-state index contributed by atoms with van der Waals surface area (Å²) in [6.45, 7) is 3.84. The lowest BCUT2D eigenvalue weighted by Crippen LogP contribution is -2.32. The quantitative estimate of drug-likeness (QED) is 0.632. The second kappa shape index (κ2) is 8.56. The van der Waals surface area contributed by atoms with Crippen LogP contribution in [0.4, 0.5) is 0 Å². The van der Waals surface area contributed by atoms with Crippen LogP contribution in [0.2, 0.25) is 0 Å². The Morgan fingerprint density at radius 3 is 2.36 bits per heavy atom. The van der Waals surface area contributed by atoms with Gasteiger partial charge in [0.1, 0.15) is 5.56 Å². The molecule has 0 radical (unpaired) electrons. The smallest absolute Gasteiger partial charge is 0.140 e. The van der Waals surface area contributed by atoms with Crippen molar-refractivity contribution in [1.29, 1.82) is 0 Å². The van der Waals surface area contributed by atoms with Crippen LogP contribution >= 0.6 is 24.0 Å². The van der Waals surface area contributed by atoms with E-state index in [4.69, 9.17) is 21.8 Å². The molecule has 0 aliphatic rings. The molecule has 0 aromatic heterocycles. The lowest BCUT2D eigenvalue weighted by atomic mass is 10.5. The topological polar surface area (TPSA) is 43.7 Å². The molecule has 11 heavy (non-hydrogen) atoms. The Balaban J connectivity index is 0. The van der Waals surface area contributed by atoms with Gasteiger partial charge in [-0.05, 0) is 6.54 Å². The molecule has 0 aromatic rings. The molecule has 0 bridgehead atoms. The standard InChI is InChI=1S/C6H14ClNO2.ClH/c1-2-8(3-4-9)5-6(7)10;/h6,9-10H,2-5H2,1H3;1H. The minimum Gasteiger partial charge on any atom is -0.395 e. The molecule has 0 saturated heterocycles. The number of aliphatic hydroxyl groups excluding tert-OH is 2. The van der Waals surface area contributed by atoms with Crippen LogP contribution in [-0.4, -0.2) is 46.9 Å². The zero-order chi connectivity index (χ0) is 7.98. The molecule has 0 aliphatic heterocycles. The van der Waals surface area contributed by atoms with Crippen molar-refractivity contribution in [3.63, 3.8) is 0 Å². The van der Waals surface area contributed by atoms with E-state index in [2.05, 4.69) is 0 Å². The first-order valence-electron chi connectivity index (χ1n) is 3.36. The summed E-state index contributed by atoms with van der Waals surface area (Å²) < 4.78 is 0. The van der Waals surface area contributed by atoms with Gasteiger partial charge in [0, 0.05) is 13.1 Å². The SMILES string of the molecule is CCN(CCO)CC(O)Cl.Cl. The Morgan fingerprint density at radius 1 is 1.55 bits per heavy atom. The molecule has 0 aromatic carbocycles. The van der Waals surface area contributed by atoms with Crippen molar-refractivity contribution in [1.82, 2.24) is 4.90 Å². The van der Waals surface area contributed by atoms with Gasteiger partial charge in [0.25, 0.3) is 0 Å². The Morgan fingerprint density at radius 2 is 2.09 bits per heavy atom. The third-order valence-corrected chi connectivity index (χ3v) is 1.41. The van der Waals surface area contributed by atoms with Gasteiger partial charge in [0.15, 0.2) is 0 Å². The Bertz CT molecular complexity index is 83.0. The van der Waals surface area contributed by atoms with Gasteiger partial charge in [-0.1, -0.05) is 18.5 Å². The maximum Gasteiger partial charge on any atom is 0.140 e. The lowest BCUT2D eigenvalue weighted by Gasteiger charge is -2.19. The fraction of sp³-hybridized carbons (Fsp3) is 1.00. The summed E-state index contributed by atoms with van der Waals surface area (Å²) >= 11 is 5.32. The van der Waals surface area contributed by atoms with Gasteiger partial charge >= 0.3 is 0 Å². The van der Waals surface area contributed by atoms with Crippen LogP contribution in [-0.2, 0) is 0 Å². The van der Waals surface area contributed by atoms with E-state index in [1.165, 1.54) is 0 Å². The molecular weight excluding hydrogens is 189 g/mol. The number of halogens is 2. The first kappa shape index (κ1) is 14.0. The van der Waals surface area contributed by atoms with Crippen LogP contribution in [0, 0.1) is 0 Å². The fourth-order valence-corrected chi connectivity index (χ4v) is 0.928. The van der Waals surface area contributed by atoms with E-state index in [1.807, 2.05) is 11.8 Å². The number of hydrogen-bond donors (Lipinski definition) is 2. The Kier molecular flexibility index (Phi) is 10.9. The van der Waals surface area contributed by atoms with E-state index in [0.29, 0.717) is 13.1 Å². The Labute approximate surface area is 78.4 Å². The van der Waals surface area contributed by atoms with Crippen LogP contribution in [0.5, 0.6) is 0 Å². The number of likely N-dealkylation sites (N-methyl/N-ethyl adjacent to an activating group) is 1. The van der Waals surface area contributed by atoms with Crippen molar-refractivity contribution >= 4 is 24.0 Å². The highest BCUT2D eigenvalue weighted by Crippen LogP contribution is 1.94. The highest BCUT2D eigenvalue weighted by atomic mass is 35.5. The first-order valence-corrected chi connectivity index (χ1v) is 3.79. The summed E-state index contributed by atoms with van der Waals surface area (Å²) in [5, 5.41) is 17.2. The van der Waals surface area contributed by atoms with Crippen molar-refractivity contribution in [3.8, 4) is 0 Å². The number of aliphatic hydroxyl groups is 2. The van der Waals surface area contributed by atoms with Crippen molar-refractivity contribution in [2.75, 3.05) is 26.2 Å². The highest BCUT2D eigenvalue weighted by Gasteiger charge is 2.05. The number of alkyl halides is 1. The van der Waals surface area contributed by atoms with Crippen LogP contribution in [0.1, 0.15) is 6.92 Å². The number of hydrogen-bond acceptors (Lipinski definition) is 3. The van der Waals surface area contributed by atoms with Crippen molar-refractivity contribution in [2.45, 2.75) is 12.5 Å². The minimum absolute atomic E-state index is 0. The molecule has 5 heteroatoms. The average Bonchev–Trinajstić information content (AvgIpc) is 1.86. The zero-order valence-electron chi connectivity index (χ0n) is 6.53. The minimum atomic E-state index is -0.827. The Hall–Kier alpha value is 0.460. The predicted octanol–water partition coefficient (Wildman–Crippen LogP) is 0.280. The van der Waals surface area contributed by atoms with Crippen LogP contribution < -0.4 is 0 Å². The average molecular weight is 204 g/mol. The van der Waals surface area contributed by atoms with E-state index < -0.39 is 5.56 Å². The van der Waals surface area contributed by atoms with Crippen LogP contribution in [0.3, 0.4) is 0 Å². The summed E-state index contributed by atoms with van der Waals surface area (Å²) in [6.07, 6.45) is 0. The summed E-state index contributed by atoms with van der Waals surface area (Å²) in [5.74, 6) is 0. The molecule has 0 spiro atoms. The third-order valence-electron chi connectivity index (χ3n) is 1.27. The highest BCUT2D eigenvalue weighted by molar-refractivity contribution is 6.19. The third kappa shape index (κ3) is 8.37. The molecule has 0 rings (SSSR count). The van der Waals surface area contributed by atoms with E-state index in [-0.39, 0.29) is 19.0 Å². The molecule has 1 atom stereocenters. The number of nitrogens with zero attached hydrogens (tertiary/aromatic N) is 1. The molecule has 0 amide bonds. The molecule has 3 nitrogen and oxygen atoms in total. The first-order chi connectivity index (χ1) is 4.70. The van der Waals surface area contributed by atoms with Crippen molar-refractivity contribution < 1.29 is 10.2 Å². The monoisotopic (exact) mass is 203 g/mol. The summed E-state index contributed by atoms with van der Waals surface area (Å²) in [7, 11) is 0. The molecule has 1 unspecified atom stereocenters. The molecular formula is C6H15Cl2NO2. The largest absolute Gasteiger partial charge is 0.395 e. The molecule has 0 saturated carbocycles. The van der Waals surface area contributed by atoms with E-state index >= 15 is 0 Å². The predicted molar refractivity (Wildman–Crippen MR) is 48.3 cm³/mol.